The fourth-order valence-electron chi connectivity index (χ4n) is 2.67. The lowest BCUT2D eigenvalue weighted by Crippen LogP contribution is -2.32. The predicted octanol–water partition coefficient (Wildman–Crippen LogP) is 3.39. The highest BCUT2D eigenvalue weighted by Crippen LogP contribution is 2.40. The number of rotatable bonds is 3. The van der Waals surface area contributed by atoms with Gasteiger partial charge >= 0.3 is 0 Å². The minimum atomic E-state index is -2.39. The van der Waals surface area contributed by atoms with Gasteiger partial charge in [0.1, 0.15) is 0 Å². The van der Waals surface area contributed by atoms with Gasteiger partial charge in [-0.15, -0.1) is 0 Å². The zero-order chi connectivity index (χ0) is 11.6. The summed E-state index contributed by atoms with van der Waals surface area (Å²) in [7, 11) is 0. The molecule has 1 nitrogen and oxygen atoms in total. The van der Waals surface area contributed by atoms with E-state index >= 15 is 0 Å². The molecule has 0 bridgehead atoms. The summed E-state index contributed by atoms with van der Waals surface area (Å²) in [5.41, 5.74) is 6.89. The van der Waals surface area contributed by atoms with Gasteiger partial charge in [0.25, 0.3) is 6.43 Å². The van der Waals surface area contributed by atoms with Crippen LogP contribution in [0.5, 0.6) is 0 Å². The number of alkyl halides is 2. The van der Waals surface area contributed by atoms with Crippen molar-refractivity contribution >= 4 is 0 Å². The van der Waals surface area contributed by atoms with Gasteiger partial charge in [0.15, 0.2) is 0 Å². The largest absolute Gasteiger partial charge is 0.330 e. The van der Waals surface area contributed by atoms with E-state index in [1.54, 1.807) is 12.1 Å². The summed E-state index contributed by atoms with van der Waals surface area (Å²) in [6.07, 6.45) is 1.95. The van der Waals surface area contributed by atoms with Crippen LogP contribution in [0.1, 0.15) is 43.2 Å². The number of halogens is 2. The van der Waals surface area contributed by atoms with Crippen molar-refractivity contribution < 1.29 is 8.78 Å². The van der Waals surface area contributed by atoms with Crippen LogP contribution in [0.2, 0.25) is 0 Å². The van der Waals surface area contributed by atoms with Gasteiger partial charge in [0, 0.05) is 17.5 Å². The predicted molar refractivity (Wildman–Crippen MR) is 60.6 cm³/mol. The maximum absolute atomic E-state index is 12.6. The second kappa shape index (κ2) is 4.50. The molecule has 1 aromatic carbocycles. The van der Waals surface area contributed by atoms with Crippen LogP contribution >= 0.6 is 0 Å². The molecule has 2 N–H and O–H groups in total. The van der Waals surface area contributed by atoms with Crippen LogP contribution in [0.15, 0.2) is 24.3 Å². The van der Waals surface area contributed by atoms with Crippen LogP contribution in [-0.4, -0.2) is 6.54 Å². The molecule has 0 spiro atoms. The molecular weight excluding hydrogens is 208 g/mol. The summed E-state index contributed by atoms with van der Waals surface area (Å²) < 4.78 is 25.3. The SMILES string of the molecule is NCC1(c2cccc(C(F)F)c2)CCCC1. The van der Waals surface area contributed by atoms with Crippen LogP contribution in [0.4, 0.5) is 8.78 Å². The Morgan fingerprint density at radius 1 is 1.25 bits per heavy atom. The Morgan fingerprint density at radius 3 is 2.50 bits per heavy atom. The molecule has 0 radical (unpaired) electrons. The zero-order valence-electron chi connectivity index (χ0n) is 9.26. The van der Waals surface area contributed by atoms with E-state index in [0.717, 1.165) is 31.2 Å². The van der Waals surface area contributed by atoms with Gasteiger partial charge in [-0.05, 0) is 24.5 Å². The fraction of sp³-hybridized carbons (Fsp3) is 0.538. The molecule has 88 valence electrons. The molecule has 0 atom stereocenters. The van der Waals surface area contributed by atoms with Crippen LogP contribution in [0, 0.1) is 0 Å². The van der Waals surface area contributed by atoms with Gasteiger partial charge < -0.3 is 5.73 Å². The van der Waals surface area contributed by atoms with Crippen LogP contribution in [0.25, 0.3) is 0 Å². The summed E-state index contributed by atoms with van der Waals surface area (Å²) in [6, 6.07) is 6.76. The Bertz CT molecular complexity index is 357. The van der Waals surface area contributed by atoms with E-state index in [1.165, 1.54) is 6.07 Å². The van der Waals surface area contributed by atoms with Gasteiger partial charge in [0.2, 0.25) is 0 Å². The van der Waals surface area contributed by atoms with Crippen molar-refractivity contribution in [3.63, 3.8) is 0 Å². The Labute approximate surface area is 94.7 Å². The van der Waals surface area contributed by atoms with Crippen LogP contribution in [0.3, 0.4) is 0 Å². The molecule has 1 saturated carbocycles. The second-order valence-corrected chi connectivity index (χ2v) is 4.62. The summed E-state index contributed by atoms with van der Waals surface area (Å²) in [5, 5.41) is 0. The molecular formula is C13H17F2N. The van der Waals surface area contributed by atoms with Gasteiger partial charge in [-0.1, -0.05) is 31.0 Å². The lowest BCUT2D eigenvalue weighted by molar-refractivity contribution is 0.151. The maximum Gasteiger partial charge on any atom is 0.263 e. The van der Waals surface area contributed by atoms with E-state index in [4.69, 9.17) is 5.73 Å². The van der Waals surface area contributed by atoms with Gasteiger partial charge in [-0.25, -0.2) is 8.78 Å². The van der Waals surface area contributed by atoms with Gasteiger partial charge in [-0.3, -0.25) is 0 Å². The molecule has 16 heavy (non-hydrogen) atoms. The van der Waals surface area contributed by atoms with Crippen molar-refractivity contribution in [2.45, 2.75) is 37.5 Å². The van der Waals surface area contributed by atoms with Crippen molar-refractivity contribution in [3.8, 4) is 0 Å². The van der Waals surface area contributed by atoms with Crippen molar-refractivity contribution in [2.75, 3.05) is 6.54 Å². The fourth-order valence-corrected chi connectivity index (χ4v) is 2.67. The maximum atomic E-state index is 12.6. The van der Waals surface area contributed by atoms with E-state index in [-0.39, 0.29) is 11.0 Å². The summed E-state index contributed by atoms with van der Waals surface area (Å²) in [6.45, 7) is 0.555. The Morgan fingerprint density at radius 2 is 1.94 bits per heavy atom. The van der Waals surface area contributed by atoms with Crippen molar-refractivity contribution in [1.29, 1.82) is 0 Å². The zero-order valence-corrected chi connectivity index (χ0v) is 9.26. The van der Waals surface area contributed by atoms with E-state index in [2.05, 4.69) is 0 Å². The second-order valence-electron chi connectivity index (χ2n) is 4.62. The van der Waals surface area contributed by atoms with Crippen molar-refractivity contribution in [2.24, 2.45) is 5.73 Å². The molecule has 0 aromatic heterocycles. The summed E-state index contributed by atoms with van der Waals surface area (Å²) in [5.74, 6) is 0. The average Bonchev–Trinajstić information content (AvgIpc) is 2.79. The van der Waals surface area contributed by atoms with E-state index in [1.807, 2.05) is 6.07 Å². The summed E-state index contributed by atoms with van der Waals surface area (Å²) >= 11 is 0. The first-order valence-corrected chi connectivity index (χ1v) is 5.77. The van der Waals surface area contributed by atoms with E-state index in [0.29, 0.717) is 6.54 Å². The molecule has 0 saturated heterocycles. The van der Waals surface area contributed by atoms with Gasteiger partial charge in [-0.2, -0.15) is 0 Å². The Balaban J connectivity index is 2.35. The van der Waals surface area contributed by atoms with E-state index < -0.39 is 6.43 Å². The molecule has 0 heterocycles. The first kappa shape index (κ1) is 11.5. The highest BCUT2D eigenvalue weighted by atomic mass is 19.3. The molecule has 1 fully saturated rings. The molecule has 1 aliphatic rings. The molecule has 3 heteroatoms. The number of hydrogen-bond acceptors (Lipinski definition) is 1. The third kappa shape index (κ3) is 1.96. The lowest BCUT2D eigenvalue weighted by Gasteiger charge is -2.28. The molecule has 0 amide bonds. The molecule has 1 aromatic rings. The Kier molecular flexibility index (Phi) is 3.24. The average molecular weight is 225 g/mol. The highest BCUT2D eigenvalue weighted by Gasteiger charge is 2.34. The third-order valence-electron chi connectivity index (χ3n) is 3.70. The van der Waals surface area contributed by atoms with Crippen LogP contribution in [-0.2, 0) is 5.41 Å². The number of nitrogens with two attached hydrogens (primary N) is 1. The number of hydrogen-bond donors (Lipinski definition) is 1. The van der Waals surface area contributed by atoms with Crippen molar-refractivity contribution in [1.82, 2.24) is 0 Å². The van der Waals surface area contributed by atoms with Gasteiger partial charge in [0.05, 0.1) is 0 Å². The smallest absolute Gasteiger partial charge is 0.263 e. The first-order chi connectivity index (χ1) is 7.68. The van der Waals surface area contributed by atoms with Crippen molar-refractivity contribution in [3.05, 3.63) is 35.4 Å². The standard InChI is InChI=1S/C13H17F2N/c14-12(15)10-4-3-5-11(8-10)13(9-16)6-1-2-7-13/h3-5,8,12H,1-2,6-7,9,16H2. The minimum Gasteiger partial charge on any atom is -0.330 e. The quantitative estimate of drug-likeness (QED) is 0.838. The summed E-state index contributed by atoms with van der Waals surface area (Å²) in [4.78, 5) is 0. The van der Waals surface area contributed by atoms with Crippen LogP contribution < -0.4 is 5.73 Å². The third-order valence-corrected chi connectivity index (χ3v) is 3.70. The normalized spacial score (nSPS) is 19.2. The first-order valence-electron chi connectivity index (χ1n) is 5.77. The molecule has 0 unspecified atom stereocenters. The minimum absolute atomic E-state index is 0.0507. The topological polar surface area (TPSA) is 26.0 Å². The monoisotopic (exact) mass is 225 g/mol. The molecule has 1 aliphatic carbocycles. The molecule has 0 aliphatic heterocycles. The molecule has 2 rings (SSSR count). The lowest BCUT2D eigenvalue weighted by atomic mass is 9.78. The highest BCUT2D eigenvalue weighted by molar-refractivity contribution is 5.32. The Hall–Kier alpha value is -0.960. The van der Waals surface area contributed by atoms with E-state index in [9.17, 15) is 8.78 Å². The number of benzene rings is 1.